The number of urea groups is 1. The molecule has 3 N–H and O–H groups in total. The van der Waals surface area contributed by atoms with E-state index in [1.165, 1.54) is 0 Å². The number of anilines is 1. The molecule has 0 heterocycles. The molecule has 19 heavy (non-hydrogen) atoms. The van der Waals surface area contributed by atoms with Crippen molar-refractivity contribution in [3.8, 4) is 12.3 Å². The van der Waals surface area contributed by atoms with E-state index in [-0.39, 0.29) is 12.5 Å². The Kier molecular flexibility index (Phi) is 5.96. The van der Waals surface area contributed by atoms with E-state index in [0.717, 1.165) is 0 Å². The van der Waals surface area contributed by atoms with Crippen LogP contribution in [-0.2, 0) is 11.2 Å². The zero-order valence-corrected chi connectivity index (χ0v) is 10.5. The van der Waals surface area contributed by atoms with Crippen molar-refractivity contribution < 1.29 is 14.7 Å². The highest BCUT2D eigenvalue weighted by molar-refractivity contribution is 5.90. The largest absolute Gasteiger partial charge is 0.481 e. The molecule has 100 valence electrons. The van der Waals surface area contributed by atoms with Gasteiger partial charge in [-0.3, -0.25) is 4.79 Å². The third-order valence-corrected chi connectivity index (χ3v) is 2.39. The summed E-state index contributed by atoms with van der Waals surface area (Å²) in [4.78, 5) is 22.3. The molecule has 2 amide bonds. The summed E-state index contributed by atoms with van der Waals surface area (Å²) in [5, 5.41) is 14.1. The molecular weight excluding hydrogens is 244 g/mol. The number of nitrogens with one attached hydrogen (secondary N) is 2. The van der Waals surface area contributed by atoms with Crippen LogP contribution in [0.15, 0.2) is 24.3 Å². The number of carbonyl (C=O) groups is 2. The molecule has 0 saturated heterocycles. The van der Waals surface area contributed by atoms with Gasteiger partial charge in [-0.25, -0.2) is 4.79 Å². The second kappa shape index (κ2) is 7.77. The van der Waals surface area contributed by atoms with Gasteiger partial charge in [-0.05, 0) is 18.1 Å². The third kappa shape index (κ3) is 5.59. The summed E-state index contributed by atoms with van der Waals surface area (Å²) >= 11 is 0. The number of benzene rings is 1. The predicted molar refractivity (Wildman–Crippen MR) is 72.9 cm³/mol. The average Bonchev–Trinajstić information content (AvgIpc) is 2.36. The Morgan fingerprint density at radius 3 is 2.74 bits per heavy atom. The summed E-state index contributed by atoms with van der Waals surface area (Å²) in [6, 6.07) is 6.43. The van der Waals surface area contributed by atoms with Crippen LogP contribution in [0.25, 0.3) is 0 Å². The Morgan fingerprint density at radius 1 is 1.32 bits per heavy atom. The lowest BCUT2D eigenvalue weighted by atomic mass is 10.1. The minimum Gasteiger partial charge on any atom is -0.481 e. The third-order valence-electron chi connectivity index (χ3n) is 2.39. The molecule has 5 heteroatoms. The summed E-state index contributed by atoms with van der Waals surface area (Å²) in [5.74, 6) is 1.54. The lowest BCUT2D eigenvalue weighted by Crippen LogP contribution is -2.30. The lowest BCUT2D eigenvalue weighted by molar-refractivity contribution is -0.136. The summed E-state index contributed by atoms with van der Waals surface area (Å²) < 4.78 is 0. The monoisotopic (exact) mass is 260 g/mol. The van der Waals surface area contributed by atoms with Crippen molar-refractivity contribution in [1.82, 2.24) is 5.32 Å². The number of unbranched alkanes of at least 4 members (excludes halogenated alkanes) is 1. The van der Waals surface area contributed by atoms with Crippen molar-refractivity contribution in [2.75, 3.05) is 11.9 Å². The van der Waals surface area contributed by atoms with Gasteiger partial charge in [0, 0.05) is 18.7 Å². The molecular formula is C14H16N2O3. The molecule has 0 saturated carbocycles. The average molecular weight is 260 g/mol. The van der Waals surface area contributed by atoms with Gasteiger partial charge in [0.2, 0.25) is 0 Å². The molecule has 0 bridgehead atoms. The molecule has 0 aliphatic rings. The number of rotatable bonds is 6. The number of aliphatic carboxylic acids is 1. The van der Waals surface area contributed by atoms with Crippen LogP contribution in [0, 0.1) is 12.3 Å². The Balaban J connectivity index is 2.54. The van der Waals surface area contributed by atoms with Crippen LogP contribution in [0.3, 0.4) is 0 Å². The highest BCUT2D eigenvalue weighted by atomic mass is 16.4. The van der Waals surface area contributed by atoms with Gasteiger partial charge in [0.1, 0.15) is 0 Å². The van der Waals surface area contributed by atoms with Crippen LogP contribution in [0.2, 0.25) is 0 Å². The molecule has 0 atom stereocenters. The number of carboxylic acid groups (broad SMARTS) is 1. The second-order valence-electron chi connectivity index (χ2n) is 3.92. The van der Waals surface area contributed by atoms with Gasteiger partial charge in [-0.2, -0.15) is 0 Å². The first-order valence-corrected chi connectivity index (χ1v) is 5.91. The maximum atomic E-state index is 11.6. The number of para-hydroxylation sites is 1. The summed E-state index contributed by atoms with van der Waals surface area (Å²) in [7, 11) is 0. The predicted octanol–water partition coefficient (Wildman–Crippen LogP) is 1.85. The molecule has 0 fully saturated rings. The fourth-order valence-corrected chi connectivity index (χ4v) is 1.52. The van der Waals surface area contributed by atoms with E-state index in [0.29, 0.717) is 30.6 Å². The number of carboxylic acids is 1. The highest BCUT2D eigenvalue weighted by Gasteiger charge is 2.08. The normalized spacial score (nSPS) is 9.42. The lowest BCUT2D eigenvalue weighted by Gasteiger charge is -2.10. The van der Waals surface area contributed by atoms with E-state index in [4.69, 9.17) is 11.5 Å². The van der Waals surface area contributed by atoms with Crippen LogP contribution in [0.1, 0.15) is 18.4 Å². The Morgan fingerprint density at radius 2 is 2.05 bits per heavy atom. The zero-order chi connectivity index (χ0) is 14.1. The summed E-state index contributed by atoms with van der Waals surface area (Å²) in [6.45, 7) is 0.483. The summed E-state index contributed by atoms with van der Waals surface area (Å²) in [6.07, 6.45) is 6.29. The molecule has 0 aliphatic heterocycles. The Labute approximate surface area is 112 Å². The van der Waals surface area contributed by atoms with Crippen molar-refractivity contribution in [1.29, 1.82) is 0 Å². The quantitative estimate of drug-likeness (QED) is 0.539. The van der Waals surface area contributed by atoms with Gasteiger partial charge in [-0.15, -0.1) is 12.3 Å². The van der Waals surface area contributed by atoms with E-state index >= 15 is 0 Å². The van der Waals surface area contributed by atoms with Crippen LogP contribution < -0.4 is 10.6 Å². The van der Waals surface area contributed by atoms with Crippen molar-refractivity contribution in [2.45, 2.75) is 19.3 Å². The van der Waals surface area contributed by atoms with Gasteiger partial charge < -0.3 is 15.7 Å². The number of amides is 2. The highest BCUT2D eigenvalue weighted by Crippen LogP contribution is 2.15. The molecule has 1 rings (SSSR count). The fraction of sp³-hybridized carbons (Fsp3) is 0.286. The van der Waals surface area contributed by atoms with E-state index in [2.05, 4.69) is 16.6 Å². The Hall–Kier alpha value is -2.48. The van der Waals surface area contributed by atoms with E-state index < -0.39 is 5.97 Å². The van der Waals surface area contributed by atoms with Gasteiger partial charge in [0.05, 0.1) is 6.42 Å². The van der Waals surface area contributed by atoms with Crippen LogP contribution in [0.5, 0.6) is 0 Å². The van der Waals surface area contributed by atoms with Crippen molar-refractivity contribution in [3.05, 3.63) is 29.8 Å². The van der Waals surface area contributed by atoms with E-state index in [1.54, 1.807) is 24.3 Å². The zero-order valence-electron chi connectivity index (χ0n) is 10.5. The molecule has 0 aromatic heterocycles. The van der Waals surface area contributed by atoms with Crippen molar-refractivity contribution in [3.63, 3.8) is 0 Å². The molecule has 0 radical (unpaired) electrons. The van der Waals surface area contributed by atoms with Crippen LogP contribution in [-0.4, -0.2) is 23.7 Å². The smallest absolute Gasteiger partial charge is 0.319 e. The second-order valence-corrected chi connectivity index (χ2v) is 3.92. The number of hydrogen-bond donors (Lipinski definition) is 3. The molecule has 0 unspecified atom stereocenters. The van der Waals surface area contributed by atoms with Gasteiger partial charge in [0.25, 0.3) is 0 Å². The molecule has 0 aliphatic carbocycles. The maximum absolute atomic E-state index is 11.6. The SMILES string of the molecule is C#CCCCNC(=O)Nc1ccccc1CC(=O)O. The first-order chi connectivity index (χ1) is 9.13. The molecule has 5 nitrogen and oxygen atoms in total. The minimum atomic E-state index is -0.941. The number of hydrogen-bond acceptors (Lipinski definition) is 2. The Bertz CT molecular complexity index is 492. The first kappa shape index (κ1) is 14.6. The van der Waals surface area contributed by atoms with Crippen molar-refractivity contribution in [2.24, 2.45) is 0 Å². The van der Waals surface area contributed by atoms with Gasteiger partial charge >= 0.3 is 12.0 Å². The van der Waals surface area contributed by atoms with Crippen LogP contribution >= 0.6 is 0 Å². The van der Waals surface area contributed by atoms with Crippen LogP contribution in [0.4, 0.5) is 10.5 Å². The number of carbonyl (C=O) groups excluding carboxylic acids is 1. The van der Waals surface area contributed by atoms with E-state index in [1.807, 2.05) is 0 Å². The van der Waals surface area contributed by atoms with Gasteiger partial charge in [0.15, 0.2) is 0 Å². The minimum absolute atomic E-state index is 0.131. The summed E-state index contributed by atoms with van der Waals surface area (Å²) in [5.41, 5.74) is 1.06. The first-order valence-electron chi connectivity index (χ1n) is 5.91. The van der Waals surface area contributed by atoms with E-state index in [9.17, 15) is 9.59 Å². The molecule has 0 spiro atoms. The molecule has 1 aromatic rings. The fourth-order valence-electron chi connectivity index (χ4n) is 1.52. The van der Waals surface area contributed by atoms with Gasteiger partial charge in [-0.1, -0.05) is 18.2 Å². The topological polar surface area (TPSA) is 78.4 Å². The molecule has 1 aromatic carbocycles. The maximum Gasteiger partial charge on any atom is 0.319 e. The number of terminal acetylenes is 1. The standard InChI is InChI=1S/C14H16N2O3/c1-2-3-6-9-15-14(19)16-12-8-5-4-7-11(12)10-13(17)18/h1,4-5,7-8H,3,6,9-10H2,(H,17,18)(H2,15,16,19). The van der Waals surface area contributed by atoms with Crippen molar-refractivity contribution >= 4 is 17.7 Å².